The number of hydrogen-bond acceptors (Lipinski definition) is 6. The van der Waals surface area contributed by atoms with E-state index < -0.39 is 11.9 Å². The first-order valence-corrected chi connectivity index (χ1v) is 9.19. The van der Waals surface area contributed by atoms with Gasteiger partial charge in [0.2, 0.25) is 11.8 Å². The molecule has 0 spiro atoms. The standard InChI is InChI=1S/C19H20N4O3S/c20-18(25)11-22-16-8-4-5-9-17(16)23(27-22)12-19(26)21-15(13-24)10-14-6-2-1-3-7-14/h1-9,13,15H,10-12H2,(H2,20,25)(H,21,26)/t15-/m0/s1. The molecule has 8 heteroatoms. The molecule has 1 aliphatic heterocycles. The first kappa shape index (κ1) is 18.8. The van der Waals surface area contributed by atoms with Gasteiger partial charge < -0.3 is 15.8 Å². The molecule has 1 aliphatic rings. The molecule has 1 heterocycles. The minimum atomic E-state index is -0.593. The molecule has 7 nitrogen and oxygen atoms in total. The molecule has 1 atom stereocenters. The second kappa shape index (κ2) is 8.59. The van der Waals surface area contributed by atoms with Crippen molar-refractivity contribution in [3.8, 4) is 0 Å². The molecule has 0 aliphatic carbocycles. The Hall–Kier alpha value is -3.00. The van der Waals surface area contributed by atoms with Crippen molar-refractivity contribution >= 4 is 41.6 Å². The molecule has 0 saturated heterocycles. The van der Waals surface area contributed by atoms with Gasteiger partial charge in [0.15, 0.2) is 0 Å². The van der Waals surface area contributed by atoms with Gasteiger partial charge in [0.05, 0.1) is 29.6 Å². The van der Waals surface area contributed by atoms with Gasteiger partial charge in [0.1, 0.15) is 19.4 Å². The van der Waals surface area contributed by atoms with Crippen LogP contribution < -0.4 is 19.7 Å². The van der Waals surface area contributed by atoms with Crippen LogP contribution >= 0.6 is 12.1 Å². The lowest BCUT2D eigenvalue weighted by Gasteiger charge is -2.19. The number of nitrogens with two attached hydrogens (primary N) is 1. The molecule has 0 fully saturated rings. The Balaban J connectivity index is 1.63. The number of hydrogen-bond donors (Lipinski definition) is 2. The van der Waals surface area contributed by atoms with E-state index in [0.717, 1.165) is 23.2 Å². The summed E-state index contributed by atoms with van der Waals surface area (Å²) in [7, 11) is 0. The number of para-hydroxylation sites is 2. The Kier molecular flexibility index (Phi) is 5.97. The van der Waals surface area contributed by atoms with Crippen LogP contribution in [0.25, 0.3) is 0 Å². The second-order valence-corrected chi connectivity index (χ2v) is 7.15. The minimum Gasteiger partial charge on any atom is -0.368 e. The van der Waals surface area contributed by atoms with Crippen LogP contribution in [0.3, 0.4) is 0 Å². The van der Waals surface area contributed by atoms with Crippen LogP contribution in [0.1, 0.15) is 5.56 Å². The molecule has 2 amide bonds. The number of benzene rings is 2. The molecule has 2 aromatic rings. The number of nitrogens with one attached hydrogen (secondary N) is 1. The van der Waals surface area contributed by atoms with Gasteiger partial charge >= 0.3 is 0 Å². The van der Waals surface area contributed by atoms with Crippen molar-refractivity contribution in [1.29, 1.82) is 0 Å². The third-order valence-corrected chi connectivity index (χ3v) is 5.06. The van der Waals surface area contributed by atoms with Gasteiger partial charge in [-0.25, -0.2) is 0 Å². The minimum absolute atomic E-state index is 0.0464. The number of rotatable bonds is 8. The lowest BCUT2D eigenvalue weighted by atomic mass is 10.1. The fraction of sp³-hybridized carbons (Fsp3) is 0.211. The van der Waals surface area contributed by atoms with Crippen molar-refractivity contribution in [1.82, 2.24) is 5.32 Å². The van der Waals surface area contributed by atoms with Crippen LogP contribution in [0, 0.1) is 0 Å². The first-order chi connectivity index (χ1) is 13.1. The molecule has 3 N–H and O–H groups in total. The predicted molar refractivity (Wildman–Crippen MR) is 106 cm³/mol. The van der Waals surface area contributed by atoms with Crippen molar-refractivity contribution in [3.63, 3.8) is 0 Å². The van der Waals surface area contributed by atoms with Gasteiger partial charge in [0, 0.05) is 0 Å². The van der Waals surface area contributed by atoms with Gasteiger partial charge in [-0.1, -0.05) is 42.5 Å². The van der Waals surface area contributed by atoms with Crippen LogP contribution in [0.15, 0.2) is 54.6 Å². The highest BCUT2D eigenvalue weighted by Crippen LogP contribution is 2.43. The number of fused-ring (bicyclic) bond motifs is 1. The van der Waals surface area contributed by atoms with Crippen LogP contribution in [-0.4, -0.2) is 37.2 Å². The Morgan fingerprint density at radius 3 is 2.19 bits per heavy atom. The summed E-state index contributed by atoms with van der Waals surface area (Å²) < 4.78 is 3.52. The first-order valence-electron chi connectivity index (χ1n) is 8.46. The number of carbonyl (C=O) groups excluding carboxylic acids is 3. The summed E-state index contributed by atoms with van der Waals surface area (Å²) >= 11 is 1.25. The van der Waals surface area contributed by atoms with Crippen LogP contribution in [0.5, 0.6) is 0 Å². The molecule has 3 rings (SSSR count). The summed E-state index contributed by atoms with van der Waals surface area (Å²) in [6, 6.07) is 16.4. The summed E-state index contributed by atoms with van der Waals surface area (Å²) in [4.78, 5) is 35.1. The Morgan fingerprint density at radius 2 is 1.59 bits per heavy atom. The van der Waals surface area contributed by atoms with Gasteiger partial charge in [-0.2, -0.15) is 0 Å². The van der Waals surface area contributed by atoms with Gasteiger partial charge in [-0.15, -0.1) is 0 Å². The molecule has 0 saturated carbocycles. The molecule has 0 aromatic heterocycles. The third kappa shape index (κ3) is 4.79. The SMILES string of the molecule is NC(=O)CN1SN(CC(=O)N[C@H](C=O)Cc2ccccc2)c2ccccc21. The lowest BCUT2D eigenvalue weighted by molar-refractivity contribution is -0.122. The van der Waals surface area contributed by atoms with E-state index in [1.807, 2.05) is 54.6 Å². The van der Waals surface area contributed by atoms with Gasteiger partial charge in [0.25, 0.3) is 0 Å². The molecular formula is C19H20N4O3S. The van der Waals surface area contributed by atoms with Gasteiger partial charge in [-0.3, -0.25) is 18.2 Å². The fourth-order valence-electron chi connectivity index (χ4n) is 2.85. The summed E-state index contributed by atoms with van der Waals surface area (Å²) in [6.07, 6.45) is 1.18. The highest BCUT2D eigenvalue weighted by atomic mass is 32.2. The van der Waals surface area contributed by atoms with Crippen molar-refractivity contribution in [2.75, 3.05) is 21.7 Å². The average Bonchev–Trinajstić information content (AvgIpc) is 2.99. The normalized spacial score (nSPS) is 13.8. The summed E-state index contributed by atoms with van der Waals surface area (Å²) in [5, 5.41) is 2.76. The summed E-state index contributed by atoms with van der Waals surface area (Å²) in [6.45, 7) is 0.0981. The molecule has 140 valence electrons. The van der Waals surface area contributed by atoms with Crippen LogP contribution in [0.4, 0.5) is 11.4 Å². The maximum Gasteiger partial charge on any atom is 0.241 e. The maximum atomic E-state index is 12.5. The van der Waals surface area contributed by atoms with E-state index in [1.165, 1.54) is 12.1 Å². The monoisotopic (exact) mass is 384 g/mol. The van der Waals surface area contributed by atoms with Gasteiger partial charge in [-0.05, 0) is 24.1 Å². The predicted octanol–water partition coefficient (Wildman–Crippen LogP) is 1.29. The quantitative estimate of drug-likeness (QED) is 0.526. The molecular weight excluding hydrogens is 364 g/mol. The van der Waals surface area contributed by atoms with Crippen molar-refractivity contribution < 1.29 is 14.4 Å². The zero-order valence-corrected chi connectivity index (χ0v) is 15.4. The number of primary amides is 1. The van der Waals surface area contributed by atoms with E-state index in [1.54, 1.807) is 8.61 Å². The summed E-state index contributed by atoms with van der Waals surface area (Å²) in [5.41, 5.74) is 7.93. The Morgan fingerprint density at radius 1 is 1.00 bits per heavy atom. The Labute approximate surface area is 161 Å². The fourth-order valence-corrected chi connectivity index (χ4v) is 3.93. The van der Waals surface area contributed by atoms with E-state index in [4.69, 9.17) is 5.73 Å². The molecule has 0 unspecified atom stereocenters. The number of amides is 2. The number of nitrogens with zero attached hydrogens (tertiary/aromatic N) is 2. The molecule has 27 heavy (non-hydrogen) atoms. The van der Waals surface area contributed by atoms with Crippen LogP contribution in [-0.2, 0) is 20.8 Å². The zero-order valence-electron chi connectivity index (χ0n) is 14.6. The maximum absolute atomic E-state index is 12.5. The highest BCUT2D eigenvalue weighted by molar-refractivity contribution is 8.02. The van der Waals surface area contributed by atoms with Crippen molar-refractivity contribution in [2.45, 2.75) is 12.5 Å². The second-order valence-electron chi connectivity index (χ2n) is 6.11. The molecule has 0 radical (unpaired) electrons. The van der Waals surface area contributed by atoms with Crippen molar-refractivity contribution in [3.05, 3.63) is 60.2 Å². The van der Waals surface area contributed by atoms with Crippen molar-refractivity contribution in [2.24, 2.45) is 5.73 Å². The van der Waals surface area contributed by atoms with E-state index >= 15 is 0 Å². The molecule has 2 aromatic carbocycles. The smallest absolute Gasteiger partial charge is 0.241 e. The molecule has 0 bridgehead atoms. The zero-order chi connectivity index (χ0) is 19.2. The number of anilines is 2. The Bertz CT molecular complexity index is 831. The summed E-state index contributed by atoms with van der Waals surface area (Å²) in [5.74, 6) is -0.723. The lowest BCUT2D eigenvalue weighted by Crippen LogP contribution is -2.42. The topological polar surface area (TPSA) is 95.7 Å². The number of aldehydes is 1. The highest BCUT2D eigenvalue weighted by Gasteiger charge is 2.29. The average molecular weight is 384 g/mol. The van der Waals surface area contributed by atoms with Crippen LogP contribution in [0.2, 0.25) is 0 Å². The third-order valence-electron chi connectivity index (χ3n) is 4.01. The van der Waals surface area contributed by atoms with E-state index in [0.29, 0.717) is 6.42 Å². The van der Waals surface area contributed by atoms with E-state index in [2.05, 4.69) is 5.32 Å². The largest absolute Gasteiger partial charge is 0.368 e. The van der Waals surface area contributed by atoms with E-state index in [-0.39, 0.29) is 19.0 Å². The van der Waals surface area contributed by atoms with E-state index in [9.17, 15) is 14.4 Å². The number of carbonyl (C=O) groups is 3.